The lowest BCUT2D eigenvalue weighted by Crippen LogP contribution is -2.38. The zero-order chi connectivity index (χ0) is 29.1. The van der Waals surface area contributed by atoms with Crippen LogP contribution in [0.25, 0.3) is 0 Å². The predicted molar refractivity (Wildman–Crippen MR) is 151 cm³/mol. The van der Waals surface area contributed by atoms with Crippen molar-refractivity contribution in [3.8, 4) is 0 Å². The van der Waals surface area contributed by atoms with E-state index in [1.807, 2.05) is 19.1 Å². The van der Waals surface area contributed by atoms with Gasteiger partial charge in [-0.1, -0.05) is 19.1 Å². The molecule has 1 aliphatic carbocycles. The van der Waals surface area contributed by atoms with Gasteiger partial charge in [0, 0.05) is 29.9 Å². The molecule has 4 rings (SSSR count). The molecule has 1 heterocycles. The van der Waals surface area contributed by atoms with Crippen LogP contribution >= 0.6 is 0 Å². The molecule has 2 aromatic carbocycles. The fourth-order valence-electron chi connectivity index (χ4n) is 5.86. The van der Waals surface area contributed by atoms with E-state index in [0.717, 1.165) is 30.8 Å². The summed E-state index contributed by atoms with van der Waals surface area (Å²) in [7, 11) is -3.27. The number of hydrogen-bond donors (Lipinski definition) is 2. The number of nitrogens with zero attached hydrogens (tertiary/aromatic N) is 1. The summed E-state index contributed by atoms with van der Waals surface area (Å²) in [4.78, 5) is 15.4. The zero-order valence-corrected chi connectivity index (χ0v) is 24.2. The van der Waals surface area contributed by atoms with E-state index in [4.69, 9.17) is 0 Å². The van der Waals surface area contributed by atoms with Crippen LogP contribution in [0.4, 0.5) is 18.9 Å². The van der Waals surface area contributed by atoms with Gasteiger partial charge in [0.2, 0.25) is 0 Å². The molecule has 0 unspecified atom stereocenters. The van der Waals surface area contributed by atoms with Gasteiger partial charge in [-0.2, -0.15) is 13.2 Å². The van der Waals surface area contributed by atoms with Crippen LogP contribution in [0.15, 0.2) is 53.4 Å². The third-order valence-corrected chi connectivity index (χ3v) is 10.3. The molecule has 2 fully saturated rings. The maximum Gasteiger partial charge on any atom is 0.391 e. The van der Waals surface area contributed by atoms with Gasteiger partial charge < -0.3 is 15.5 Å². The monoisotopic (exact) mass is 579 g/mol. The summed E-state index contributed by atoms with van der Waals surface area (Å²) >= 11 is 0. The van der Waals surface area contributed by atoms with Crippen molar-refractivity contribution in [3.63, 3.8) is 0 Å². The molecule has 1 aliphatic heterocycles. The van der Waals surface area contributed by atoms with E-state index in [0.29, 0.717) is 30.4 Å². The van der Waals surface area contributed by atoms with E-state index in [1.165, 1.54) is 0 Å². The Morgan fingerprint density at radius 3 is 2.23 bits per heavy atom. The van der Waals surface area contributed by atoms with Crippen molar-refractivity contribution in [2.24, 2.45) is 11.8 Å². The Morgan fingerprint density at radius 1 is 1.02 bits per heavy atom. The number of anilines is 1. The van der Waals surface area contributed by atoms with Crippen molar-refractivity contribution < 1.29 is 26.4 Å². The molecule has 0 aromatic heterocycles. The largest absolute Gasteiger partial charge is 0.391 e. The van der Waals surface area contributed by atoms with E-state index in [1.54, 1.807) is 43.3 Å². The van der Waals surface area contributed by atoms with E-state index in [9.17, 15) is 26.4 Å². The Kier molecular flexibility index (Phi) is 9.50. The third-order valence-electron chi connectivity index (χ3n) is 8.51. The van der Waals surface area contributed by atoms with Crippen LogP contribution in [0, 0.1) is 11.8 Å². The zero-order valence-electron chi connectivity index (χ0n) is 23.4. The second-order valence-corrected chi connectivity index (χ2v) is 13.6. The van der Waals surface area contributed by atoms with Gasteiger partial charge in [0.1, 0.15) is 0 Å². The van der Waals surface area contributed by atoms with Gasteiger partial charge in [-0.3, -0.25) is 4.79 Å². The highest BCUT2D eigenvalue weighted by Crippen LogP contribution is 2.39. The number of sulfone groups is 1. The summed E-state index contributed by atoms with van der Waals surface area (Å²) in [5.41, 5.74) is 2.38. The van der Waals surface area contributed by atoms with E-state index < -0.39 is 21.9 Å². The Bertz CT molecular complexity index is 1240. The number of carbonyl (C=O) groups excluding carboxylic acids is 1. The topological polar surface area (TPSA) is 78.5 Å². The predicted octanol–water partition coefficient (Wildman–Crippen LogP) is 5.90. The maximum absolute atomic E-state index is 12.9. The fraction of sp³-hybridized carbons (Fsp3) is 0.567. The Labute approximate surface area is 235 Å². The van der Waals surface area contributed by atoms with Gasteiger partial charge >= 0.3 is 6.18 Å². The van der Waals surface area contributed by atoms with Crippen molar-refractivity contribution in [1.29, 1.82) is 0 Å². The fourth-order valence-corrected chi connectivity index (χ4v) is 6.75. The molecule has 0 bridgehead atoms. The van der Waals surface area contributed by atoms with Crippen LogP contribution in [-0.4, -0.2) is 51.4 Å². The van der Waals surface area contributed by atoms with Gasteiger partial charge in [0.15, 0.2) is 9.84 Å². The third kappa shape index (κ3) is 7.37. The molecular formula is C30H40F3N3O3S. The van der Waals surface area contributed by atoms with Crippen LogP contribution in [0.1, 0.15) is 74.8 Å². The van der Waals surface area contributed by atoms with E-state index in [-0.39, 0.29) is 41.5 Å². The summed E-state index contributed by atoms with van der Waals surface area (Å²) in [6, 6.07) is 14.4. The van der Waals surface area contributed by atoms with Crippen LogP contribution in [0.3, 0.4) is 0 Å². The van der Waals surface area contributed by atoms with Gasteiger partial charge in [0.05, 0.1) is 22.6 Å². The molecule has 2 aliphatic rings. The minimum absolute atomic E-state index is 0.0389. The van der Waals surface area contributed by atoms with Gasteiger partial charge in [-0.05, 0) is 100 Å². The van der Waals surface area contributed by atoms with Gasteiger partial charge in [0.25, 0.3) is 5.91 Å². The van der Waals surface area contributed by atoms with E-state index >= 15 is 0 Å². The molecule has 1 saturated heterocycles. The van der Waals surface area contributed by atoms with Crippen LogP contribution in [0.2, 0.25) is 0 Å². The van der Waals surface area contributed by atoms with Crippen LogP contribution in [0.5, 0.6) is 0 Å². The average molecular weight is 580 g/mol. The lowest BCUT2D eigenvalue weighted by molar-refractivity contribution is -0.183. The minimum atomic E-state index is -4.07. The first kappa shape index (κ1) is 30.4. The molecule has 1 amide bonds. The van der Waals surface area contributed by atoms with Crippen molar-refractivity contribution in [2.45, 2.75) is 82.1 Å². The highest BCUT2D eigenvalue weighted by Gasteiger charge is 2.41. The molecule has 2 N–H and O–H groups in total. The molecule has 2 aromatic rings. The van der Waals surface area contributed by atoms with Crippen molar-refractivity contribution in [2.75, 3.05) is 23.7 Å². The van der Waals surface area contributed by atoms with Crippen molar-refractivity contribution in [1.82, 2.24) is 10.6 Å². The minimum Gasteiger partial charge on any atom is -0.367 e. The first-order valence-electron chi connectivity index (χ1n) is 14.2. The number of amides is 1. The molecule has 10 heteroatoms. The van der Waals surface area contributed by atoms with Gasteiger partial charge in [-0.25, -0.2) is 8.42 Å². The Morgan fingerprint density at radius 2 is 1.65 bits per heavy atom. The Hall–Kier alpha value is -2.59. The number of benzene rings is 2. The quantitative estimate of drug-likeness (QED) is 0.387. The van der Waals surface area contributed by atoms with Crippen LogP contribution < -0.4 is 15.5 Å². The number of nitrogens with one attached hydrogen (secondary N) is 2. The molecule has 0 spiro atoms. The summed E-state index contributed by atoms with van der Waals surface area (Å²) in [6.07, 6.45) is -1.40. The SMILES string of the molecule is CCS(=O)(=O)c1ccc([C@H](C)NC(=O)c2ccc(N3C[C@@H](NCC4CCC(C(F)(F)F)CC4)C[C@H]3C)cc2)cc1. The second kappa shape index (κ2) is 12.5. The molecule has 220 valence electrons. The normalized spacial score (nSPS) is 24.6. The van der Waals surface area contributed by atoms with Gasteiger partial charge in [-0.15, -0.1) is 0 Å². The summed E-state index contributed by atoms with van der Waals surface area (Å²) in [6.45, 7) is 7.19. The summed E-state index contributed by atoms with van der Waals surface area (Å²) in [5.74, 6) is -1.02. The summed E-state index contributed by atoms with van der Waals surface area (Å²) in [5, 5.41) is 6.57. The second-order valence-electron chi connectivity index (χ2n) is 11.3. The first-order valence-corrected chi connectivity index (χ1v) is 15.8. The lowest BCUT2D eigenvalue weighted by Gasteiger charge is -2.30. The number of alkyl halides is 3. The molecule has 40 heavy (non-hydrogen) atoms. The van der Waals surface area contributed by atoms with Crippen molar-refractivity contribution in [3.05, 3.63) is 59.7 Å². The molecule has 1 saturated carbocycles. The average Bonchev–Trinajstić information content (AvgIpc) is 3.32. The highest BCUT2D eigenvalue weighted by molar-refractivity contribution is 7.91. The lowest BCUT2D eigenvalue weighted by atomic mass is 9.81. The van der Waals surface area contributed by atoms with Crippen LogP contribution in [-0.2, 0) is 9.84 Å². The number of hydrogen-bond acceptors (Lipinski definition) is 5. The molecule has 0 radical (unpaired) electrons. The Balaban J connectivity index is 1.27. The van der Waals surface area contributed by atoms with E-state index in [2.05, 4.69) is 22.5 Å². The standard InChI is InChI=1S/C30H40F3N3O3S/c1-4-40(38,39)28-15-9-23(10-16-28)21(3)35-29(37)24-7-13-27(14-8-24)36-19-26(17-20(36)2)34-18-22-5-11-25(12-6-22)30(31,32)33/h7-10,13-16,20-22,25-26,34H,4-6,11-12,17-19H2,1-3H3,(H,35,37)/t20-,21+,22?,25?,26+/m1/s1. The van der Waals surface area contributed by atoms with Crippen molar-refractivity contribution >= 4 is 21.4 Å². The summed E-state index contributed by atoms with van der Waals surface area (Å²) < 4.78 is 62.9. The molecule has 6 nitrogen and oxygen atoms in total. The molecular weight excluding hydrogens is 539 g/mol. The molecule has 3 atom stereocenters. The number of rotatable bonds is 9. The first-order chi connectivity index (χ1) is 18.9. The maximum atomic E-state index is 12.9. The number of halogens is 3. The highest BCUT2D eigenvalue weighted by atomic mass is 32.2. The smallest absolute Gasteiger partial charge is 0.367 e. The number of carbonyl (C=O) groups is 1.